The lowest BCUT2D eigenvalue weighted by Crippen LogP contribution is -2.05. The molecule has 2 rings (SSSR count). The number of ether oxygens (including phenoxy) is 1. The van der Waals surface area contributed by atoms with Crippen molar-refractivity contribution in [3.8, 4) is 0 Å². The molecule has 0 fully saturated rings. The number of carbonyl (C=O) groups excluding carboxylic acids is 1. The molecule has 0 aliphatic carbocycles. The number of carbonyl (C=O) groups is 1. The minimum Gasteiger partial charge on any atom is -0.498 e. The van der Waals surface area contributed by atoms with Gasteiger partial charge in [0.05, 0.1) is 23.0 Å². The maximum Gasteiger partial charge on any atom is 0.280 e. The first-order valence-corrected chi connectivity index (χ1v) is 9.04. The van der Waals surface area contributed by atoms with E-state index in [0.29, 0.717) is 29.2 Å². The summed E-state index contributed by atoms with van der Waals surface area (Å²) in [6.45, 7) is 6.27. The summed E-state index contributed by atoms with van der Waals surface area (Å²) in [7, 11) is 0. The molecule has 0 amide bonds. The van der Waals surface area contributed by atoms with Crippen molar-refractivity contribution in [1.29, 1.82) is 0 Å². The van der Waals surface area contributed by atoms with Crippen molar-refractivity contribution in [2.24, 2.45) is 0 Å². The number of ketones is 1. The highest BCUT2D eigenvalue weighted by molar-refractivity contribution is 8.02. The van der Waals surface area contributed by atoms with Gasteiger partial charge in [0.15, 0.2) is 5.78 Å². The molecule has 0 aromatic heterocycles. The largest absolute Gasteiger partial charge is 0.498 e. The molecule has 0 heterocycles. The zero-order chi connectivity index (χ0) is 18.9. The molecule has 0 N–H and O–H groups in total. The van der Waals surface area contributed by atoms with Crippen molar-refractivity contribution in [2.45, 2.75) is 6.92 Å². The van der Waals surface area contributed by atoms with E-state index in [9.17, 15) is 14.9 Å². The van der Waals surface area contributed by atoms with Crippen molar-refractivity contribution >= 4 is 29.3 Å². The fourth-order valence-electron chi connectivity index (χ4n) is 2.26. The van der Waals surface area contributed by atoms with Crippen molar-refractivity contribution in [3.05, 3.63) is 93.1 Å². The van der Waals surface area contributed by atoms with E-state index in [1.54, 1.807) is 48.5 Å². The molecule has 0 aliphatic heterocycles. The van der Waals surface area contributed by atoms with Gasteiger partial charge in [-0.3, -0.25) is 14.9 Å². The van der Waals surface area contributed by atoms with Crippen LogP contribution in [0.25, 0.3) is 6.08 Å². The van der Waals surface area contributed by atoms with E-state index in [2.05, 4.69) is 6.58 Å². The topological polar surface area (TPSA) is 69.4 Å². The number of benzene rings is 2. The van der Waals surface area contributed by atoms with Gasteiger partial charge in [0.2, 0.25) is 0 Å². The quantitative estimate of drug-likeness (QED) is 0.267. The van der Waals surface area contributed by atoms with E-state index in [0.717, 1.165) is 0 Å². The van der Waals surface area contributed by atoms with Gasteiger partial charge in [0.1, 0.15) is 5.56 Å². The lowest BCUT2D eigenvalue weighted by Gasteiger charge is -2.05. The van der Waals surface area contributed by atoms with Gasteiger partial charge in [-0.2, -0.15) is 0 Å². The molecule has 26 heavy (non-hydrogen) atoms. The second kappa shape index (κ2) is 9.58. The lowest BCUT2D eigenvalue weighted by molar-refractivity contribution is -0.385. The zero-order valence-corrected chi connectivity index (χ0v) is 15.2. The molecule has 0 atom stereocenters. The third kappa shape index (κ3) is 5.32. The van der Waals surface area contributed by atoms with Crippen LogP contribution < -0.4 is 0 Å². The highest BCUT2D eigenvalue weighted by Gasteiger charge is 2.21. The Hall–Kier alpha value is -2.86. The molecule has 0 unspecified atom stereocenters. The summed E-state index contributed by atoms with van der Waals surface area (Å²) in [6.07, 6.45) is 1.80. The zero-order valence-electron chi connectivity index (χ0n) is 14.4. The second-order valence-electron chi connectivity index (χ2n) is 5.31. The third-order valence-electron chi connectivity index (χ3n) is 3.45. The van der Waals surface area contributed by atoms with Crippen LogP contribution in [0, 0.1) is 10.1 Å². The standard InChI is InChI=1S/C20H19NO4S/c1-3-25-15(2)14-26-12-11-16-9-10-19(21(23)24)18(13-16)20(22)17-7-5-4-6-8-17/h4-13H,2-3,14H2,1H3/b12-11+. The Labute approximate surface area is 156 Å². The van der Waals surface area contributed by atoms with Crippen LogP contribution in [0.5, 0.6) is 0 Å². The van der Waals surface area contributed by atoms with E-state index in [1.807, 2.05) is 12.3 Å². The molecule has 0 bridgehead atoms. The lowest BCUT2D eigenvalue weighted by atomic mass is 9.99. The number of nitro benzene ring substituents is 1. The predicted molar refractivity (Wildman–Crippen MR) is 105 cm³/mol. The Morgan fingerprint density at radius 2 is 2.00 bits per heavy atom. The summed E-state index contributed by atoms with van der Waals surface area (Å²) in [5, 5.41) is 13.1. The first-order valence-electron chi connectivity index (χ1n) is 7.99. The molecule has 0 saturated heterocycles. The maximum atomic E-state index is 12.7. The minimum absolute atomic E-state index is 0.0760. The van der Waals surface area contributed by atoms with Crippen LogP contribution in [0.2, 0.25) is 0 Å². The number of thioether (sulfide) groups is 1. The van der Waals surface area contributed by atoms with Gasteiger partial charge in [-0.15, -0.1) is 11.8 Å². The molecule has 6 heteroatoms. The van der Waals surface area contributed by atoms with Crippen LogP contribution in [-0.2, 0) is 4.74 Å². The van der Waals surface area contributed by atoms with Crippen molar-refractivity contribution in [2.75, 3.05) is 12.4 Å². The molecular formula is C20H19NO4S. The molecule has 2 aromatic rings. The van der Waals surface area contributed by atoms with E-state index < -0.39 is 4.92 Å². The Morgan fingerprint density at radius 3 is 2.65 bits per heavy atom. The molecule has 0 saturated carbocycles. The van der Waals surface area contributed by atoms with Gasteiger partial charge in [-0.05, 0) is 36.1 Å². The van der Waals surface area contributed by atoms with Gasteiger partial charge < -0.3 is 4.74 Å². The third-order valence-corrected chi connectivity index (χ3v) is 4.26. The normalized spacial score (nSPS) is 10.7. The van der Waals surface area contributed by atoms with Gasteiger partial charge in [-0.1, -0.05) is 36.9 Å². The van der Waals surface area contributed by atoms with Crippen LogP contribution in [0.15, 0.2) is 66.3 Å². The van der Waals surface area contributed by atoms with Crippen molar-refractivity contribution in [3.63, 3.8) is 0 Å². The molecule has 0 aliphatic rings. The van der Waals surface area contributed by atoms with Crippen molar-refractivity contribution < 1.29 is 14.5 Å². The van der Waals surface area contributed by atoms with Crippen LogP contribution in [0.1, 0.15) is 28.4 Å². The number of hydrogen-bond acceptors (Lipinski definition) is 5. The summed E-state index contributed by atoms with van der Waals surface area (Å²) in [5.41, 5.74) is 1.00. The summed E-state index contributed by atoms with van der Waals surface area (Å²) >= 11 is 1.49. The molecular weight excluding hydrogens is 350 g/mol. The number of nitrogens with zero attached hydrogens (tertiary/aromatic N) is 1. The molecule has 0 radical (unpaired) electrons. The molecule has 2 aromatic carbocycles. The fourth-order valence-corrected chi connectivity index (χ4v) is 2.88. The average Bonchev–Trinajstić information content (AvgIpc) is 2.65. The Morgan fingerprint density at radius 1 is 1.27 bits per heavy atom. The number of rotatable bonds is 9. The van der Waals surface area contributed by atoms with Crippen LogP contribution in [0.3, 0.4) is 0 Å². The highest BCUT2D eigenvalue weighted by Crippen LogP contribution is 2.24. The first-order chi connectivity index (χ1) is 12.5. The van der Waals surface area contributed by atoms with Gasteiger partial charge >= 0.3 is 0 Å². The van der Waals surface area contributed by atoms with Crippen LogP contribution in [-0.4, -0.2) is 23.1 Å². The predicted octanol–water partition coefficient (Wildman–Crippen LogP) is 5.08. The maximum absolute atomic E-state index is 12.7. The Balaban J connectivity index is 2.21. The molecule has 5 nitrogen and oxygen atoms in total. The summed E-state index contributed by atoms with van der Waals surface area (Å²) in [4.78, 5) is 23.4. The van der Waals surface area contributed by atoms with Crippen molar-refractivity contribution in [1.82, 2.24) is 0 Å². The highest BCUT2D eigenvalue weighted by atomic mass is 32.2. The summed E-state index contributed by atoms with van der Waals surface area (Å²) < 4.78 is 5.27. The monoisotopic (exact) mass is 369 g/mol. The Kier molecular flexibility index (Phi) is 7.17. The fraction of sp³-hybridized carbons (Fsp3) is 0.150. The minimum atomic E-state index is -0.537. The van der Waals surface area contributed by atoms with E-state index in [1.165, 1.54) is 17.8 Å². The Bertz CT molecular complexity index is 831. The SMILES string of the molecule is C=C(CS/C=C/c1ccc([N+](=O)[O-])c(C(=O)c2ccccc2)c1)OCC. The van der Waals surface area contributed by atoms with Crippen LogP contribution >= 0.6 is 11.8 Å². The number of nitro groups is 1. The summed E-state index contributed by atoms with van der Waals surface area (Å²) in [6, 6.07) is 13.1. The number of hydrogen-bond donors (Lipinski definition) is 0. The van der Waals surface area contributed by atoms with E-state index in [4.69, 9.17) is 4.74 Å². The second-order valence-corrected chi connectivity index (χ2v) is 6.21. The van der Waals surface area contributed by atoms with E-state index in [-0.39, 0.29) is 17.0 Å². The van der Waals surface area contributed by atoms with Gasteiger partial charge in [0, 0.05) is 11.6 Å². The first kappa shape index (κ1) is 19.5. The van der Waals surface area contributed by atoms with Crippen LogP contribution in [0.4, 0.5) is 5.69 Å². The molecule has 0 spiro atoms. The summed E-state index contributed by atoms with van der Waals surface area (Å²) in [5.74, 6) is 0.934. The van der Waals surface area contributed by atoms with Gasteiger partial charge in [-0.25, -0.2) is 0 Å². The molecule has 134 valence electrons. The average molecular weight is 369 g/mol. The smallest absolute Gasteiger partial charge is 0.280 e. The van der Waals surface area contributed by atoms with Gasteiger partial charge in [0.25, 0.3) is 5.69 Å². The van der Waals surface area contributed by atoms with E-state index >= 15 is 0 Å².